The second-order valence-corrected chi connectivity index (χ2v) is 8.91. The first-order chi connectivity index (χ1) is 16.7. The van der Waals surface area contributed by atoms with Gasteiger partial charge in [0.1, 0.15) is 5.82 Å². The molecule has 0 aliphatic heterocycles. The van der Waals surface area contributed by atoms with Crippen LogP contribution in [-0.2, 0) is 24.0 Å². The van der Waals surface area contributed by atoms with Crippen molar-refractivity contribution in [3.8, 4) is 11.4 Å². The molecule has 5 rings (SSSR count). The lowest BCUT2D eigenvalue weighted by atomic mass is 10.1. The van der Waals surface area contributed by atoms with E-state index in [9.17, 15) is 4.79 Å². The van der Waals surface area contributed by atoms with Gasteiger partial charge in [0, 0.05) is 24.7 Å². The fourth-order valence-electron chi connectivity index (χ4n) is 3.73. The van der Waals surface area contributed by atoms with Crippen molar-refractivity contribution in [3.63, 3.8) is 0 Å². The molecule has 3 aromatic carbocycles. The number of hydrogen-bond acceptors (Lipinski definition) is 5. The van der Waals surface area contributed by atoms with Crippen molar-refractivity contribution in [2.24, 2.45) is 7.05 Å². The molecule has 0 bridgehead atoms. The van der Waals surface area contributed by atoms with Crippen molar-refractivity contribution in [1.82, 2.24) is 24.7 Å². The van der Waals surface area contributed by atoms with Gasteiger partial charge in [-0.1, -0.05) is 54.2 Å². The normalized spacial score (nSPS) is 11.1. The molecule has 5 aromatic rings. The molecule has 0 radical (unpaired) electrons. The number of imidazole rings is 1. The van der Waals surface area contributed by atoms with Crippen LogP contribution >= 0.6 is 11.8 Å². The number of anilines is 1. The number of amides is 1. The predicted molar refractivity (Wildman–Crippen MR) is 135 cm³/mol. The van der Waals surface area contributed by atoms with Crippen LogP contribution in [0.4, 0.5) is 5.69 Å². The topological polar surface area (TPSA) is 88.5 Å². The van der Waals surface area contributed by atoms with Crippen molar-refractivity contribution in [1.29, 1.82) is 0 Å². The third kappa shape index (κ3) is 5.02. The van der Waals surface area contributed by atoms with Gasteiger partial charge in [0.05, 0.1) is 16.8 Å². The van der Waals surface area contributed by atoms with E-state index in [2.05, 4.69) is 25.5 Å². The van der Waals surface area contributed by atoms with Crippen molar-refractivity contribution < 1.29 is 4.79 Å². The Bertz CT molecular complexity index is 1380. The number of nitrogens with one attached hydrogen (secondary N) is 2. The fourth-order valence-corrected chi connectivity index (χ4v) is 4.51. The Hall–Kier alpha value is -3.91. The summed E-state index contributed by atoms with van der Waals surface area (Å²) >= 11 is 1.58. The Kier molecular flexibility index (Phi) is 6.40. The van der Waals surface area contributed by atoms with E-state index >= 15 is 0 Å². The van der Waals surface area contributed by atoms with Gasteiger partial charge in [0.15, 0.2) is 11.0 Å². The first-order valence-electron chi connectivity index (χ1n) is 11.1. The third-order valence-electron chi connectivity index (χ3n) is 5.52. The fraction of sp³-hybridized carbons (Fsp3) is 0.154. The second kappa shape index (κ2) is 9.93. The summed E-state index contributed by atoms with van der Waals surface area (Å²) in [7, 11) is 1.95. The molecule has 34 heavy (non-hydrogen) atoms. The Morgan fingerprint density at radius 3 is 2.53 bits per heavy atom. The van der Waals surface area contributed by atoms with E-state index in [4.69, 9.17) is 0 Å². The van der Waals surface area contributed by atoms with Crippen LogP contribution in [0.15, 0.2) is 84.0 Å². The summed E-state index contributed by atoms with van der Waals surface area (Å²) in [6, 6.07) is 25.7. The molecule has 0 atom stereocenters. The smallest absolute Gasteiger partial charge is 0.224 e. The molecule has 2 heterocycles. The summed E-state index contributed by atoms with van der Waals surface area (Å²) < 4.78 is 1.97. The number of H-pyrrole nitrogens is 1. The molecule has 2 N–H and O–H groups in total. The average Bonchev–Trinajstić information content (AvgIpc) is 3.45. The van der Waals surface area contributed by atoms with E-state index in [-0.39, 0.29) is 5.91 Å². The maximum Gasteiger partial charge on any atom is 0.224 e. The lowest BCUT2D eigenvalue weighted by molar-refractivity contribution is -0.116. The summed E-state index contributed by atoms with van der Waals surface area (Å²) in [5.74, 6) is 2.35. The minimum absolute atomic E-state index is 0.000431. The molecule has 170 valence electrons. The zero-order valence-electron chi connectivity index (χ0n) is 18.7. The number of aryl methyl sites for hydroxylation is 1. The van der Waals surface area contributed by atoms with Gasteiger partial charge in [-0.3, -0.25) is 4.79 Å². The van der Waals surface area contributed by atoms with Crippen LogP contribution in [0.5, 0.6) is 0 Å². The zero-order valence-corrected chi connectivity index (χ0v) is 19.5. The number of benzene rings is 3. The Morgan fingerprint density at radius 1 is 0.971 bits per heavy atom. The third-order valence-corrected chi connectivity index (χ3v) is 6.55. The molecule has 0 unspecified atom stereocenters. The number of nitrogens with zero attached hydrogens (tertiary/aromatic N) is 4. The van der Waals surface area contributed by atoms with Gasteiger partial charge >= 0.3 is 0 Å². The summed E-state index contributed by atoms with van der Waals surface area (Å²) in [5, 5.41) is 12.5. The minimum Gasteiger partial charge on any atom is -0.341 e. The lowest BCUT2D eigenvalue weighted by Crippen LogP contribution is -2.12. The van der Waals surface area contributed by atoms with E-state index in [1.54, 1.807) is 11.8 Å². The van der Waals surface area contributed by atoms with Crippen LogP contribution in [0.25, 0.3) is 22.4 Å². The average molecular weight is 469 g/mol. The molecular weight excluding hydrogens is 444 g/mol. The summed E-state index contributed by atoms with van der Waals surface area (Å²) in [4.78, 5) is 20.3. The van der Waals surface area contributed by atoms with Crippen molar-refractivity contribution >= 4 is 34.4 Å². The van der Waals surface area contributed by atoms with Crippen LogP contribution in [-0.4, -0.2) is 30.6 Å². The van der Waals surface area contributed by atoms with Crippen LogP contribution in [0, 0.1) is 0 Å². The molecule has 7 nitrogen and oxygen atoms in total. The first-order valence-corrected chi connectivity index (χ1v) is 12.0. The summed E-state index contributed by atoms with van der Waals surface area (Å²) in [6.45, 7) is 0. The number of rotatable bonds is 8. The number of aromatic amines is 1. The van der Waals surface area contributed by atoms with Gasteiger partial charge in [-0.15, -0.1) is 10.2 Å². The Labute approximate surface area is 201 Å². The lowest BCUT2D eigenvalue weighted by Gasteiger charge is -2.07. The van der Waals surface area contributed by atoms with Crippen LogP contribution in [0.2, 0.25) is 0 Å². The number of fused-ring (bicyclic) bond motifs is 1. The largest absolute Gasteiger partial charge is 0.341 e. The minimum atomic E-state index is -0.000431. The van der Waals surface area contributed by atoms with Crippen molar-refractivity contribution in [2.45, 2.75) is 23.8 Å². The summed E-state index contributed by atoms with van der Waals surface area (Å²) in [5.41, 5.74) is 4.86. The molecule has 0 aliphatic rings. The Morgan fingerprint density at radius 2 is 1.74 bits per heavy atom. The quantitative estimate of drug-likeness (QED) is 0.305. The SMILES string of the molecule is Cn1c(SCc2nc3ccccc3[nH]2)nnc1-c1ccc(NC(=O)CCc2ccccc2)cc1. The van der Waals surface area contributed by atoms with E-state index < -0.39 is 0 Å². The molecule has 0 saturated carbocycles. The van der Waals surface area contributed by atoms with Crippen molar-refractivity contribution in [3.05, 3.63) is 90.3 Å². The molecule has 2 aromatic heterocycles. The number of carbonyl (C=O) groups is 1. The van der Waals surface area contributed by atoms with E-state index in [0.717, 1.165) is 51.1 Å². The number of aromatic nitrogens is 5. The van der Waals surface area contributed by atoms with E-state index in [1.165, 1.54) is 0 Å². The maximum atomic E-state index is 12.3. The molecule has 0 saturated heterocycles. The van der Waals surface area contributed by atoms with Crippen LogP contribution in [0.3, 0.4) is 0 Å². The number of carbonyl (C=O) groups excluding carboxylic acids is 1. The van der Waals surface area contributed by atoms with Crippen molar-refractivity contribution in [2.75, 3.05) is 5.32 Å². The van der Waals surface area contributed by atoms with Gasteiger partial charge in [-0.2, -0.15) is 0 Å². The highest BCUT2D eigenvalue weighted by atomic mass is 32.2. The van der Waals surface area contributed by atoms with Gasteiger partial charge in [-0.05, 0) is 48.4 Å². The first kappa shape index (κ1) is 21.9. The molecule has 0 aliphatic carbocycles. The van der Waals surface area contributed by atoms with Gasteiger partial charge in [-0.25, -0.2) is 4.98 Å². The molecule has 0 fully saturated rings. The van der Waals surface area contributed by atoms with Crippen LogP contribution in [0.1, 0.15) is 17.8 Å². The molecule has 1 amide bonds. The number of para-hydroxylation sites is 2. The highest BCUT2D eigenvalue weighted by molar-refractivity contribution is 7.98. The van der Waals surface area contributed by atoms with Gasteiger partial charge in [0.2, 0.25) is 5.91 Å². The van der Waals surface area contributed by atoms with Gasteiger partial charge < -0.3 is 14.9 Å². The monoisotopic (exact) mass is 468 g/mol. The molecule has 8 heteroatoms. The maximum absolute atomic E-state index is 12.3. The Balaban J connectivity index is 1.19. The zero-order chi connectivity index (χ0) is 23.3. The highest BCUT2D eigenvalue weighted by Gasteiger charge is 2.13. The number of thioether (sulfide) groups is 1. The number of hydrogen-bond donors (Lipinski definition) is 2. The van der Waals surface area contributed by atoms with E-state index in [0.29, 0.717) is 12.2 Å². The molecule has 0 spiro atoms. The standard InChI is InChI=1S/C26H24N6OS/c1-32-25(30-31-26(32)34-17-23-28-21-9-5-6-10-22(21)29-23)19-12-14-20(15-13-19)27-24(33)16-11-18-7-3-2-4-8-18/h2-10,12-15H,11,16-17H2,1H3,(H,27,33)(H,28,29). The van der Waals surface area contributed by atoms with E-state index in [1.807, 2.05) is 90.5 Å². The highest BCUT2D eigenvalue weighted by Crippen LogP contribution is 2.26. The summed E-state index contributed by atoms with van der Waals surface area (Å²) in [6.07, 6.45) is 1.17. The predicted octanol–water partition coefficient (Wildman–Crippen LogP) is 5.22. The second-order valence-electron chi connectivity index (χ2n) is 7.97. The van der Waals surface area contributed by atoms with Crippen LogP contribution < -0.4 is 5.32 Å². The molecular formula is C26H24N6OS. The van der Waals surface area contributed by atoms with Gasteiger partial charge in [0.25, 0.3) is 0 Å².